The van der Waals surface area contributed by atoms with Crippen LogP contribution in [0.5, 0.6) is 0 Å². The second-order valence-electron chi connectivity index (χ2n) is 5.02. The third-order valence-corrected chi connectivity index (χ3v) is 8.06. The predicted octanol–water partition coefficient (Wildman–Crippen LogP) is 4.44. The molecule has 1 saturated heterocycles. The van der Waals surface area contributed by atoms with Gasteiger partial charge in [0.25, 0.3) is 0 Å². The standard InChI is InChI=1S/C13H19F3N2S3/c1-4-17-11(10-6-19-7(2)8(3)20-10)9-5-18-12(21-9)13(14,15)16/h5,7-8,10-11,17H,4,6H2,1-3H3. The molecule has 1 N–H and O–H groups in total. The highest BCUT2D eigenvalue weighted by molar-refractivity contribution is 8.07. The van der Waals surface area contributed by atoms with Crippen LogP contribution < -0.4 is 5.32 Å². The largest absolute Gasteiger partial charge is 0.443 e. The number of alkyl halides is 3. The van der Waals surface area contributed by atoms with Gasteiger partial charge < -0.3 is 5.32 Å². The Morgan fingerprint density at radius 2 is 2.10 bits per heavy atom. The molecule has 0 radical (unpaired) electrons. The van der Waals surface area contributed by atoms with Crippen LogP contribution in [0.25, 0.3) is 0 Å². The highest BCUT2D eigenvalue weighted by Crippen LogP contribution is 2.43. The number of thiazole rings is 1. The molecule has 0 aromatic carbocycles. The lowest BCUT2D eigenvalue weighted by atomic mass is 10.2. The summed E-state index contributed by atoms with van der Waals surface area (Å²) in [7, 11) is 0. The number of nitrogens with zero attached hydrogens (tertiary/aromatic N) is 1. The molecular weight excluding hydrogens is 337 g/mol. The van der Waals surface area contributed by atoms with Crippen LogP contribution in [0.15, 0.2) is 6.20 Å². The van der Waals surface area contributed by atoms with Gasteiger partial charge >= 0.3 is 6.18 Å². The Morgan fingerprint density at radius 1 is 1.38 bits per heavy atom. The fraction of sp³-hybridized carbons (Fsp3) is 0.769. The van der Waals surface area contributed by atoms with E-state index in [1.807, 2.05) is 30.4 Å². The summed E-state index contributed by atoms with van der Waals surface area (Å²) in [6.45, 7) is 7.10. The van der Waals surface area contributed by atoms with Crippen LogP contribution in [0.4, 0.5) is 13.2 Å². The van der Waals surface area contributed by atoms with Gasteiger partial charge in [-0.15, -0.1) is 11.3 Å². The van der Waals surface area contributed by atoms with E-state index in [2.05, 4.69) is 24.1 Å². The first-order chi connectivity index (χ1) is 9.82. The Hall–Kier alpha value is 0.0800. The van der Waals surface area contributed by atoms with Gasteiger partial charge in [-0.2, -0.15) is 36.7 Å². The topological polar surface area (TPSA) is 24.9 Å². The van der Waals surface area contributed by atoms with E-state index in [4.69, 9.17) is 0 Å². The molecule has 0 aliphatic carbocycles. The highest BCUT2D eigenvalue weighted by atomic mass is 32.2. The summed E-state index contributed by atoms with van der Waals surface area (Å²) in [6, 6.07) is -0.0592. The maximum atomic E-state index is 12.7. The summed E-state index contributed by atoms with van der Waals surface area (Å²) in [4.78, 5) is 4.24. The molecule has 1 aromatic heterocycles. The van der Waals surface area contributed by atoms with Crippen molar-refractivity contribution in [2.24, 2.45) is 0 Å². The van der Waals surface area contributed by atoms with Gasteiger partial charge in [0.2, 0.25) is 0 Å². The van der Waals surface area contributed by atoms with Crippen molar-refractivity contribution in [2.75, 3.05) is 12.3 Å². The molecule has 120 valence electrons. The van der Waals surface area contributed by atoms with Crippen molar-refractivity contribution in [1.82, 2.24) is 10.3 Å². The zero-order valence-electron chi connectivity index (χ0n) is 12.1. The minimum atomic E-state index is -4.35. The molecule has 0 saturated carbocycles. The molecule has 4 atom stereocenters. The SMILES string of the molecule is CCNC(c1cnc(C(F)(F)F)s1)C1CSC(C)C(C)S1. The Kier molecular flexibility index (Phi) is 5.90. The smallest absolute Gasteiger partial charge is 0.309 e. The molecule has 1 aliphatic rings. The molecule has 1 fully saturated rings. The molecular formula is C13H19F3N2S3. The third kappa shape index (κ3) is 4.30. The summed E-state index contributed by atoms with van der Waals surface area (Å²) >= 11 is 4.53. The Balaban J connectivity index is 2.17. The lowest BCUT2D eigenvalue weighted by Gasteiger charge is -2.35. The summed E-state index contributed by atoms with van der Waals surface area (Å²) in [5.41, 5.74) is 0. The average Bonchev–Trinajstić information content (AvgIpc) is 2.89. The van der Waals surface area contributed by atoms with E-state index < -0.39 is 11.2 Å². The molecule has 1 aromatic rings. The molecule has 2 nitrogen and oxygen atoms in total. The van der Waals surface area contributed by atoms with E-state index in [0.717, 1.165) is 23.6 Å². The van der Waals surface area contributed by atoms with Crippen LogP contribution in [0.2, 0.25) is 0 Å². The molecule has 4 unspecified atom stereocenters. The first-order valence-corrected chi connectivity index (χ1v) is 9.67. The minimum absolute atomic E-state index is 0.0592. The van der Waals surface area contributed by atoms with E-state index in [1.54, 1.807) is 0 Å². The van der Waals surface area contributed by atoms with E-state index in [0.29, 0.717) is 15.4 Å². The first-order valence-electron chi connectivity index (χ1n) is 6.86. The maximum absolute atomic E-state index is 12.7. The molecule has 1 aliphatic heterocycles. The summed E-state index contributed by atoms with van der Waals surface area (Å²) in [6.07, 6.45) is -2.97. The van der Waals surface area contributed by atoms with Crippen molar-refractivity contribution >= 4 is 34.9 Å². The van der Waals surface area contributed by atoms with Crippen molar-refractivity contribution < 1.29 is 13.2 Å². The Labute approximate surface area is 135 Å². The fourth-order valence-corrected chi connectivity index (χ4v) is 6.30. The Morgan fingerprint density at radius 3 is 2.62 bits per heavy atom. The maximum Gasteiger partial charge on any atom is 0.443 e. The van der Waals surface area contributed by atoms with Crippen LogP contribution in [-0.2, 0) is 6.18 Å². The number of thioether (sulfide) groups is 2. The minimum Gasteiger partial charge on any atom is -0.309 e. The molecule has 2 rings (SSSR count). The van der Waals surface area contributed by atoms with Crippen molar-refractivity contribution in [3.63, 3.8) is 0 Å². The molecule has 2 heterocycles. The van der Waals surface area contributed by atoms with E-state index in [1.165, 1.54) is 6.20 Å². The lowest BCUT2D eigenvalue weighted by Crippen LogP contribution is -2.36. The van der Waals surface area contributed by atoms with E-state index in [-0.39, 0.29) is 11.3 Å². The van der Waals surface area contributed by atoms with Crippen molar-refractivity contribution in [3.05, 3.63) is 16.1 Å². The Bertz CT molecular complexity index is 464. The molecule has 8 heteroatoms. The van der Waals surface area contributed by atoms with Crippen LogP contribution in [0.1, 0.15) is 36.7 Å². The predicted molar refractivity (Wildman–Crippen MR) is 86.3 cm³/mol. The van der Waals surface area contributed by atoms with Gasteiger partial charge in [-0.25, -0.2) is 4.98 Å². The second-order valence-corrected chi connectivity index (χ2v) is 9.11. The average molecular weight is 357 g/mol. The van der Waals surface area contributed by atoms with Gasteiger partial charge in [0.05, 0.1) is 6.04 Å². The van der Waals surface area contributed by atoms with Crippen LogP contribution in [0.3, 0.4) is 0 Å². The van der Waals surface area contributed by atoms with Crippen LogP contribution >= 0.6 is 34.9 Å². The lowest BCUT2D eigenvalue weighted by molar-refractivity contribution is -0.137. The third-order valence-electron chi connectivity index (χ3n) is 3.44. The number of hydrogen-bond acceptors (Lipinski definition) is 5. The molecule has 0 spiro atoms. The fourth-order valence-electron chi connectivity index (χ4n) is 2.18. The van der Waals surface area contributed by atoms with Gasteiger partial charge in [0.1, 0.15) is 0 Å². The van der Waals surface area contributed by atoms with E-state index >= 15 is 0 Å². The number of halogens is 3. The van der Waals surface area contributed by atoms with Gasteiger partial charge in [0.15, 0.2) is 5.01 Å². The number of rotatable bonds is 4. The number of nitrogens with one attached hydrogen (secondary N) is 1. The van der Waals surface area contributed by atoms with Gasteiger partial charge in [-0.3, -0.25) is 0 Å². The summed E-state index contributed by atoms with van der Waals surface area (Å²) in [5, 5.41) is 3.95. The summed E-state index contributed by atoms with van der Waals surface area (Å²) < 4.78 is 38.2. The van der Waals surface area contributed by atoms with Crippen molar-refractivity contribution in [3.8, 4) is 0 Å². The van der Waals surface area contributed by atoms with Crippen LogP contribution in [-0.4, -0.2) is 33.0 Å². The monoisotopic (exact) mass is 356 g/mol. The van der Waals surface area contributed by atoms with Gasteiger partial charge in [-0.1, -0.05) is 20.8 Å². The van der Waals surface area contributed by atoms with Gasteiger partial charge in [0, 0.05) is 32.6 Å². The summed E-state index contributed by atoms with van der Waals surface area (Å²) in [5.74, 6) is 0.951. The quantitative estimate of drug-likeness (QED) is 0.862. The zero-order valence-corrected chi connectivity index (χ0v) is 14.6. The first kappa shape index (κ1) is 17.4. The second kappa shape index (κ2) is 7.10. The van der Waals surface area contributed by atoms with Crippen molar-refractivity contribution in [2.45, 2.75) is 48.7 Å². The molecule has 0 amide bonds. The molecule has 21 heavy (non-hydrogen) atoms. The van der Waals surface area contributed by atoms with Crippen molar-refractivity contribution in [1.29, 1.82) is 0 Å². The number of hydrogen-bond donors (Lipinski definition) is 1. The van der Waals surface area contributed by atoms with E-state index in [9.17, 15) is 13.2 Å². The highest BCUT2D eigenvalue weighted by Gasteiger charge is 2.37. The van der Waals surface area contributed by atoms with Gasteiger partial charge in [-0.05, 0) is 6.54 Å². The number of aromatic nitrogens is 1. The zero-order chi connectivity index (χ0) is 15.6. The van der Waals surface area contributed by atoms with Crippen LogP contribution in [0, 0.1) is 0 Å². The molecule has 0 bridgehead atoms. The normalized spacial score (nSPS) is 28.6.